The molecule has 0 aliphatic carbocycles. The molecule has 0 radical (unpaired) electrons. The maximum atomic E-state index is 12.9. The minimum atomic E-state index is -0.226. The fraction of sp³-hybridized carbons (Fsp3) is 0.333. The number of hydrogen-bond acceptors (Lipinski definition) is 3. The summed E-state index contributed by atoms with van der Waals surface area (Å²) in [5.41, 5.74) is 4.87. The number of rotatable bonds is 7. The maximum Gasteiger partial charge on any atom is 0.253 e. The van der Waals surface area contributed by atoms with Crippen LogP contribution in [0.1, 0.15) is 59.3 Å². The van der Waals surface area contributed by atoms with Crippen LogP contribution in [0.2, 0.25) is 0 Å². The molecule has 1 amide bonds. The van der Waals surface area contributed by atoms with Crippen LogP contribution in [0.15, 0.2) is 78.9 Å². The zero-order valence-electron chi connectivity index (χ0n) is 20.2. The third-order valence-electron chi connectivity index (χ3n) is 7.10. The molecule has 0 saturated carbocycles. The van der Waals surface area contributed by atoms with E-state index < -0.39 is 0 Å². The van der Waals surface area contributed by atoms with Crippen molar-refractivity contribution >= 4 is 5.91 Å². The van der Waals surface area contributed by atoms with Gasteiger partial charge in [0.2, 0.25) is 0 Å². The average Bonchev–Trinajstić information content (AvgIpc) is 2.90. The van der Waals surface area contributed by atoms with Crippen LogP contribution in [0.4, 0.5) is 0 Å². The van der Waals surface area contributed by atoms with Gasteiger partial charge in [-0.05, 0) is 74.2 Å². The zero-order valence-corrected chi connectivity index (χ0v) is 20.2. The van der Waals surface area contributed by atoms with Gasteiger partial charge in [-0.25, -0.2) is 0 Å². The van der Waals surface area contributed by atoms with Crippen LogP contribution in [0.5, 0.6) is 0 Å². The zero-order chi connectivity index (χ0) is 24.0. The standard InChI is InChI=1S/C30H33N3O/c1-3-33(4-2)29(34)26-14-16-27(17-15-26)30(28-13-8-12-25(20-28)21-31)18-9-19-32(23-30)22-24-10-6-5-7-11-24/h5-8,10-17,20H,3-4,9,18-19,22-23H2,1-2H3. The van der Waals surface area contributed by atoms with E-state index in [1.165, 1.54) is 16.7 Å². The molecule has 1 fully saturated rings. The first-order valence-corrected chi connectivity index (χ1v) is 12.3. The Bertz CT molecular complexity index is 1150. The normalized spacial score (nSPS) is 18.3. The maximum absolute atomic E-state index is 12.9. The highest BCUT2D eigenvalue weighted by Crippen LogP contribution is 2.41. The van der Waals surface area contributed by atoms with Crippen LogP contribution < -0.4 is 0 Å². The van der Waals surface area contributed by atoms with Crippen molar-refractivity contribution in [1.29, 1.82) is 5.26 Å². The molecule has 0 aromatic heterocycles. The van der Waals surface area contributed by atoms with Crippen LogP contribution >= 0.6 is 0 Å². The fourth-order valence-corrected chi connectivity index (χ4v) is 5.27. The van der Waals surface area contributed by atoms with Gasteiger partial charge in [0.25, 0.3) is 5.91 Å². The lowest BCUT2D eigenvalue weighted by Crippen LogP contribution is -2.46. The van der Waals surface area contributed by atoms with Gasteiger partial charge < -0.3 is 4.90 Å². The van der Waals surface area contributed by atoms with Gasteiger partial charge in [0.05, 0.1) is 11.6 Å². The topological polar surface area (TPSA) is 47.3 Å². The number of piperidine rings is 1. The summed E-state index contributed by atoms with van der Waals surface area (Å²) in [5, 5.41) is 9.56. The van der Waals surface area contributed by atoms with Gasteiger partial charge in [-0.15, -0.1) is 0 Å². The summed E-state index contributed by atoms with van der Waals surface area (Å²) in [6, 6.07) is 29.2. The second-order valence-corrected chi connectivity index (χ2v) is 9.13. The number of nitriles is 1. The predicted molar refractivity (Wildman–Crippen MR) is 137 cm³/mol. The van der Waals surface area contributed by atoms with Gasteiger partial charge in [0.15, 0.2) is 0 Å². The summed E-state index contributed by atoms with van der Waals surface area (Å²) >= 11 is 0. The molecule has 4 rings (SSSR count). The molecule has 1 aliphatic heterocycles. The molecule has 1 heterocycles. The number of amides is 1. The van der Waals surface area contributed by atoms with Gasteiger partial charge in [-0.1, -0.05) is 54.6 Å². The van der Waals surface area contributed by atoms with Crippen molar-refractivity contribution in [3.05, 3.63) is 107 Å². The molecule has 34 heavy (non-hydrogen) atoms. The van der Waals surface area contributed by atoms with Crippen molar-refractivity contribution < 1.29 is 4.79 Å². The molecule has 1 unspecified atom stereocenters. The fourth-order valence-electron chi connectivity index (χ4n) is 5.27. The summed E-state index contributed by atoms with van der Waals surface area (Å²) in [5.74, 6) is 0.0754. The Kier molecular flexibility index (Phi) is 7.45. The lowest BCUT2D eigenvalue weighted by molar-refractivity contribution is 0.0773. The summed E-state index contributed by atoms with van der Waals surface area (Å²) in [6.45, 7) is 8.26. The predicted octanol–water partition coefficient (Wildman–Crippen LogP) is 5.62. The van der Waals surface area contributed by atoms with Crippen LogP contribution in [0, 0.1) is 11.3 Å². The van der Waals surface area contributed by atoms with E-state index >= 15 is 0 Å². The molecule has 0 N–H and O–H groups in total. The second kappa shape index (κ2) is 10.7. The van der Waals surface area contributed by atoms with Crippen LogP contribution in [-0.4, -0.2) is 41.9 Å². The second-order valence-electron chi connectivity index (χ2n) is 9.13. The van der Waals surface area contributed by atoms with E-state index in [1.54, 1.807) is 0 Å². The first-order valence-electron chi connectivity index (χ1n) is 12.3. The van der Waals surface area contributed by atoms with Gasteiger partial charge in [-0.2, -0.15) is 5.26 Å². The number of likely N-dealkylation sites (tertiary alicyclic amines) is 1. The van der Waals surface area contributed by atoms with E-state index in [-0.39, 0.29) is 11.3 Å². The first-order chi connectivity index (χ1) is 16.6. The summed E-state index contributed by atoms with van der Waals surface area (Å²) in [4.78, 5) is 17.2. The molecule has 0 bridgehead atoms. The van der Waals surface area contributed by atoms with Crippen LogP contribution in [0.25, 0.3) is 0 Å². The van der Waals surface area contributed by atoms with Gasteiger partial charge >= 0.3 is 0 Å². The quantitative estimate of drug-likeness (QED) is 0.468. The van der Waals surface area contributed by atoms with E-state index in [2.05, 4.69) is 59.5 Å². The SMILES string of the molecule is CCN(CC)C(=O)c1ccc(C2(c3cccc(C#N)c3)CCCN(Cc3ccccc3)C2)cc1. The highest BCUT2D eigenvalue weighted by molar-refractivity contribution is 5.94. The molecule has 1 saturated heterocycles. The molecule has 1 aliphatic rings. The molecule has 3 aromatic carbocycles. The molecule has 3 aromatic rings. The molecule has 174 valence electrons. The smallest absolute Gasteiger partial charge is 0.253 e. The van der Waals surface area contributed by atoms with Crippen molar-refractivity contribution in [2.24, 2.45) is 0 Å². The van der Waals surface area contributed by atoms with Gasteiger partial charge in [0.1, 0.15) is 0 Å². The number of nitrogens with zero attached hydrogens (tertiary/aromatic N) is 3. The van der Waals surface area contributed by atoms with Crippen LogP contribution in [0.3, 0.4) is 0 Å². The Labute approximate surface area is 203 Å². The highest BCUT2D eigenvalue weighted by Gasteiger charge is 2.39. The third-order valence-corrected chi connectivity index (χ3v) is 7.10. The minimum absolute atomic E-state index is 0.0754. The first kappa shape index (κ1) is 23.7. The number of hydrogen-bond donors (Lipinski definition) is 0. The summed E-state index contributed by atoms with van der Waals surface area (Å²) < 4.78 is 0. The molecular formula is C30H33N3O. The number of benzene rings is 3. The third kappa shape index (κ3) is 4.90. The molecule has 1 atom stereocenters. The van der Waals surface area contributed by atoms with Crippen molar-refractivity contribution in [3.63, 3.8) is 0 Å². The Morgan fingerprint density at radius 3 is 2.38 bits per heavy atom. The molecule has 4 nitrogen and oxygen atoms in total. The van der Waals surface area contributed by atoms with E-state index in [0.29, 0.717) is 18.7 Å². The average molecular weight is 452 g/mol. The number of carbonyl (C=O) groups is 1. The Hall–Kier alpha value is -3.42. The van der Waals surface area contributed by atoms with Gasteiger partial charge in [-0.3, -0.25) is 9.69 Å². The van der Waals surface area contributed by atoms with E-state index in [1.807, 2.05) is 49.1 Å². The lowest BCUT2D eigenvalue weighted by Gasteiger charge is -2.44. The minimum Gasteiger partial charge on any atom is -0.339 e. The van der Waals surface area contributed by atoms with Crippen molar-refractivity contribution in [2.75, 3.05) is 26.2 Å². The van der Waals surface area contributed by atoms with Crippen molar-refractivity contribution in [1.82, 2.24) is 9.80 Å². The van der Waals surface area contributed by atoms with Crippen molar-refractivity contribution in [2.45, 2.75) is 38.6 Å². The Morgan fingerprint density at radius 1 is 0.971 bits per heavy atom. The number of carbonyl (C=O) groups excluding carboxylic acids is 1. The molecule has 0 spiro atoms. The van der Waals surface area contributed by atoms with E-state index in [4.69, 9.17) is 0 Å². The molecular weight excluding hydrogens is 418 g/mol. The van der Waals surface area contributed by atoms with E-state index in [0.717, 1.165) is 38.0 Å². The monoisotopic (exact) mass is 451 g/mol. The summed E-state index contributed by atoms with van der Waals surface area (Å²) in [7, 11) is 0. The largest absolute Gasteiger partial charge is 0.339 e. The Morgan fingerprint density at radius 2 is 1.71 bits per heavy atom. The van der Waals surface area contributed by atoms with Gasteiger partial charge in [0, 0.05) is 37.2 Å². The summed E-state index contributed by atoms with van der Waals surface area (Å²) in [6.07, 6.45) is 2.08. The van der Waals surface area contributed by atoms with E-state index in [9.17, 15) is 10.1 Å². The van der Waals surface area contributed by atoms with Crippen molar-refractivity contribution in [3.8, 4) is 6.07 Å². The molecule has 4 heteroatoms. The highest BCUT2D eigenvalue weighted by atomic mass is 16.2. The van der Waals surface area contributed by atoms with Crippen LogP contribution in [-0.2, 0) is 12.0 Å². The Balaban J connectivity index is 1.71. The lowest BCUT2D eigenvalue weighted by atomic mass is 9.68.